The number of aromatic amines is 1. The maximum absolute atomic E-state index is 14.6. The molecule has 3 fully saturated rings. The van der Waals surface area contributed by atoms with Crippen molar-refractivity contribution in [3.63, 3.8) is 0 Å². The van der Waals surface area contributed by atoms with E-state index in [2.05, 4.69) is 37.6 Å². The monoisotopic (exact) mass is 426 g/mol. The minimum absolute atomic E-state index is 0.00214. The van der Waals surface area contributed by atoms with Crippen molar-refractivity contribution in [2.24, 2.45) is 11.3 Å². The molecule has 168 valence electrons. The van der Waals surface area contributed by atoms with E-state index in [1.54, 1.807) is 6.07 Å². The zero-order valence-corrected chi connectivity index (χ0v) is 19.2. The van der Waals surface area contributed by atoms with E-state index in [1.807, 2.05) is 6.20 Å². The van der Waals surface area contributed by atoms with E-state index >= 15 is 0 Å². The van der Waals surface area contributed by atoms with E-state index in [0.717, 1.165) is 55.0 Å². The summed E-state index contributed by atoms with van der Waals surface area (Å²) in [6.45, 7) is 9.09. The SMILES string of the molecule is CC1CC2CC(C)(C)CC(C1)N2C(=O)CC(C)c1c[nH]c2ccc(F)c(OC3CC3)c12. The Labute approximate surface area is 184 Å². The first-order chi connectivity index (χ1) is 14.7. The van der Waals surface area contributed by atoms with Crippen molar-refractivity contribution >= 4 is 16.8 Å². The molecule has 1 aromatic heterocycles. The van der Waals surface area contributed by atoms with Gasteiger partial charge < -0.3 is 14.6 Å². The second kappa shape index (κ2) is 7.53. The van der Waals surface area contributed by atoms with Gasteiger partial charge in [-0.2, -0.15) is 0 Å². The molecule has 2 bridgehead atoms. The Bertz CT molecular complexity index is 975. The Morgan fingerprint density at radius 3 is 2.58 bits per heavy atom. The van der Waals surface area contributed by atoms with Gasteiger partial charge in [-0.1, -0.05) is 27.7 Å². The number of nitrogens with one attached hydrogen (secondary N) is 1. The molecule has 3 aliphatic rings. The molecule has 1 amide bonds. The molecule has 3 atom stereocenters. The topological polar surface area (TPSA) is 45.3 Å². The lowest BCUT2D eigenvalue weighted by Gasteiger charge is -2.53. The lowest BCUT2D eigenvalue weighted by Crippen LogP contribution is -2.58. The lowest BCUT2D eigenvalue weighted by atomic mass is 9.68. The lowest BCUT2D eigenvalue weighted by molar-refractivity contribution is -0.146. The number of benzene rings is 1. The number of nitrogens with zero attached hydrogens (tertiary/aromatic N) is 1. The summed E-state index contributed by atoms with van der Waals surface area (Å²) in [5, 5.41) is 0.806. The summed E-state index contributed by atoms with van der Waals surface area (Å²) >= 11 is 0. The average Bonchev–Trinajstić information content (AvgIpc) is 3.37. The number of H-pyrrole nitrogens is 1. The van der Waals surface area contributed by atoms with Crippen LogP contribution in [0.5, 0.6) is 5.75 Å². The normalized spacial score (nSPS) is 28.5. The highest BCUT2D eigenvalue weighted by atomic mass is 19.1. The minimum Gasteiger partial charge on any atom is -0.487 e. The maximum Gasteiger partial charge on any atom is 0.223 e. The Kier molecular flexibility index (Phi) is 5.06. The first-order valence-corrected chi connectivity index (χ1v) is 12.0. The molecule has 2 saturated heterocycles. The molecular formula is C26H35FN2O2. The predicted octanol–water partition coefficient (Wildman–Crippen LogP) is 6.16. The van der Waals surface area contributed by atoms with E-state index in [1.165, 1.54) is 6.07 Å². The van der Waals surface area contributed by atoms with Crippen LogP contribution in [0.4, 0.5) is 4.39 Å². The first-order valence-electron chi connectivity index (χ1n) is 12.0. The molecule has 1 aliphatic carbocycles. The largest absolute Gasteiger partial charge is 0.487 e. The van der Waals surface area contributed by atoms with Gasteiger partial charge in [0.15, 0.2) is 11.6 Å². The zero-order chi connectivity index (χ0) is 21.9. The Morgan fingerprint density at radius 2 is 1.94 bits per heavy atom. The Morgan fingerprint density at radius 1 is 1.26 bits per heavy atom. The molecular weight excluding hydrogens is 391 g/mol. The molecule has 3 unspecified atom stereocenters. The van der Waals surface area contributed by atoms with Crippen LogP contribution in [0.25, 0.3) is 10.9 Å². The molecule has 1 aromatic carbocycles. The molecule has 5 heteroatoms. The fourth-order valence-corrected chi connectivity index (χ4v) is 6.21. The number of aromatic nitrogens is 1. The van der Waals surface area contributed by atoms with Crippen LogP contribution in [-0.4, -0.2) is 34.0 Å². The second-order valence-electron chi connectivity index (χ2n) is 11.2. The van der Waals surface area contributed by atoms with Crippen molar-refractivity contribution in [2.45, 2.75) is 96.7 Å². The number of piperidine rings is 2. The fourth-order valence-electron chi connectivity index (χ4n) is 6.21. The number of carbonyl (C=O) groups excluding carboxylic acids is 1. The standard InChI is InChI=1S/C26H35FN2O2/c1-15-9-17-12-26(3,4)13-18(10-15)29(17)23(30)11-16(2)20-14-28-22-8-7-21(27)25(24(20)22)31-19-5-6-19/h7-8,14-19,28H,5-6,9-13H2,1-4H3. The smallest absolute Gasteiger partial charge is 0.223 e. The molecule has 1 N–H and O–H groups in total. The fraction of sp³-hybridized carbons (Fsp3) is 0.654. The van der Waals surface area contributed by atoms with Crippen molar-refractivity contribution in [1.82, 2.24) is 9.88 Å². The highest BCUT2D eigenvalue weighted by molar-refractivity contribution is 5.91. The third kappa shape index (κ3) is 3.96. The summed E-state index contributed by atoms with van der Waals surface area (Å²) in [5.74, 6) is 0.964. The molecule has 0 radical (unpaired) electrons. The van der Waals surface area contributed by atoms with Gasteiger partial charge in [-0.3, -0.25) is 4.79 Å². The number of amides is 1. The van der Waals surface area contributed by atoms with Crippen molar-refractivity contribution in [3.8, 4) is 5.75 Å². The van der Waals surface area contributed by atoms with E-state index in [4.69, 9.17) is 4.74 Å². The van der Waals surface area contributed by atoms with Gasteiger partial charge >= 0.3 is 0 Å². The second-order valence-corrected chi connectivity index (χ2v) is 11.2. The molecule has 1 saturated carbocycles. The van der Waals surface area contributed by atoms with E-state index in [9.17, 15) is 9.18 Å². The van der Waals surface area contributed by atoms with Crippen molar-refractivity contribution in [2.75, 3.05) is 0 Å². The van der Waals surface area contributed by atoms with Gasteiger partial charge in [0.2, 0.25) is 5.91 Å². The van der Waals surface area contributed by atoms with Crippen molar-refractivity contribution < 1.29 is 13.9 Å². The molecule has 31 heavy (non-hydrogen) atoms. The number of ether oxygens (including phenoxy) is 1. The van der Waals surface area contributed by atoms with Crippen LogP contribution in [0, 0.1) is 17.2 Å². The Balaban J connectivity index is 1.39. The van der Waals surface area contributed by atoms with Crippen molar-refractivity contribution in [3.05, 3.63) is 29.7 Å². The van der Waals surface area contributed by atoms with Crippen LogP contribution >= 0.6 is 0 Å². The van der Waals surface area contributed by atoms with Gasteiger partial charge in [-0.05, 0) is 73.5 Å². The van der Waals surface area contributed by atoms with Gasteiger partial charge in [0.25, 0.3) is 0 Å². The van der Waals surface area contributed by atoms with Crippen LogP contribution < -0.4 is 4.74 Å². The zero-order valence-electron chi connectivity index (χ0n) is 19.2. The summed E-state index contributed by atoms with van der Waals surface area (Å²) < 4.78 is 20.6. The van der Waals surface area contributed by atoms with Crippen LogP contribution in [0.2, 0.25) is 0 Å². The third-order valence-electron chi connectivity index (χ3n) is 7.60. The van der Waals surface area contributed by atoms with E-state index < -0.39 is 0 Å². The highest BCUT2D eigenvalue weighted by Gasteiger charge is 2.45. The molecule has 0 spiro atoms. The summed E-state index contributed by atoms with van der Waals surface area (Å²) in [6, 6.07) is 3.94. The summed E-state index contributed by atoms with van der Waals surface area (Å²) in [5.41, 5.74) is 2.16. The van der Waals surface area contributed by atoms with Gasteiger partial charge in [-0.25, -0.2) is 4.39 Å². The number of fused-ring (bicyclic) bond motifs is 3. The number of rotatable bonds is 5. The molecule has 3 heterocycles. The van der Waals surface area contributed by atoms with E-state index in [0.29, 0.717) is 35.6 Å². The predicted molar refractivity (Wildman–Crippen MR) is 121 cm³/mol. The van der Waals surface area contributed by atoms with Crippen molar-refractivity contribution in [1.29, 1.82) is 0 Å². The molecule has 4 nitrogen and oxygen atoms in total. The van der Waals surface area contributed by atoms with Gasteiger partial charge in [-0.15, -0.1) is 0 Å². The molecule has 5 rings (SSSR count). The molecule has 2 aliphatic heterocycles. The number of halogens is 1. The minimum atomic E-state index is -0.319. The number of hydrogen-bond donors (Lipinski definition) is 1. The van der Waals surface area contributed by atoms with Gasteiger partial charge in [0.1, 0.15) is 0 Å². The number of hydrogen-bond acceptors (Lipinski definition) is 2. The summed E-state index contributed by atoms with van der Waals surface area (Å²) in [7, 11) is 0. The average molecular weight is 427 g/mol. The van der Waals surface area contributed by atoms with Gasteiger partial charge in [0.05, 0.1) is 6.10 Å². The van der Waals surface area contributed by atoms with E-state index in [-0.39, 0.29) is 23.7 Å². The quantitative estimate of drug-likeness (QED) is 0.622. The van der Waals surface area contributed by atoms with Crippen LogP contribution in [0.15, 0.2) is 18.3 Å². The Hall–Kier alpha value is -2.04. The highest BCUT2D eigenvalue weighted by Crippen LogP contribution is 2.46. The maximum atomic E-state index is 14.6. The van der Waals surface area contributed by atoms with Crippen LogP contribution in [0.3, 0.4) is 0 Å². The summed E-state index contributed by atoms with van der Waals surface area (Å²) in [6.07, 6.45) is 8.87. The van der Waals surface area contributed by atoms with Crippen LogP contribution in [0.1, 0.15) is 84.1 Å². The third-order valence-corrected chi connectivity index (χ3v) is 7.60. The number of carbonyl (C=O) groups is 1. The molecule has 2 aromatic rings. The van der Waals surface area contributed by atoms with Gasteiger partial charge in [0, 0.05) is 35.6 Å². The first kappa shape index (κ1) is 20.8. The summed E-state index contributed by atoms with van der Waals surface area (Å²) in [4.78, 5) is 19.0. The van der Waals surface area contributed by atoms with Crippen LogP contribution in [-0.2, 0) is 4.79 Å².